The van der Waals surface area contributed by atoms with Gasteiger partial charge < -0.3 is 33.8 Å². The molecule has 3 N–H and O–H groups in total. The number of unbranched alkanes of at least 4 members (excludes halogenated alkanes) is 45. The normalized spacial score (nSPS) is 14.0. The van der Waals surface area contributed by atoms with E-state index in [9.17, 15) is 43.2 Å². The number of carbonyl (C=O) groups is 4. The van der Waals surface area contributed by atoms with Gasteiger partial charge in [-0.25, -0.2) is 9.13 Å². The van der Waals surface area contributed by atoms with Crippen molar-refractivity contribution in [2.24, 2.45) is 5.92 Å². The van der Waals surface area contributed by atoms with Gasteiger partial charge in [0.25, 0.3) is 0 Å². The lowest BCUT2D eigenvalue weighted by Gasteiger charge is -2.21. The number of phosphoric ester groups is 2. The minimum Gasteiger partial charge on any atom is -0.462 e. The van der Waals surface area contributed by atoms with Crippen LogP contribution in [0.1, 0.15) is 381 Å². The van der Waals surface area contributed by atoms with Crippen molar-refractivity contribution in [3.8, 4) is 0 Å². The lowest BCUT2D eigenvalue weighted by molar-refractivity contribution is -0.161. The Balaban J connectivity index is 5.16. The summed E-state index contributed by atoms with van der Waals surface area (Å²) in [4.78, 5) is 72.5. The van der Waals surface area contributed by atoms with Crippen LogP contribution in [0.4, 0.5) is 0 Å². The van der Waals surface area contributed by atoms with E-state index in [-0.39, 0.29) is 25.7 Å². The average Bonchev–Trinajstić information content (AvgIpc) is 2.75. The van der Waals surface area contributed by atoms with Crippen LogP contribution in [0.15, 0.2) is 0 Å². The summed E-state index contributed by atoms with van der Waals surface area (Å²) in [6.07, 6.45) is 54.3. The van der Waals surface area contributed by atoms with Crippen molar-refractivity contribution < 1.29 is 80.2 Å². The zero-order valence-electron chi connectivity index (χ0n) is 59.7. The van der Waals surface area contributed by atoms with E-state index in [1.165, 1.54) is 199 Å². The molecule has 17 nitrogen and oxygen atoms in total. The van der Waals surface area contributed by atoms with Crippen LogP contribution in [-0.2, 0) is 65.4 Å². The van der Waals surface area contributed by atoms with Crippen molar-refractivity contribution in [2.75, 3.05) is 39.6 Å². The number of rotatable bonds is 73. The second kappa shape index (κ2) is 66.3. The van der Waals surface area contributed by atoms with Crippen molar-refractivity contribution in [3.63, 3.8) is 0 Å². The molecule has 0 aliphatic heterocycles. The zero-order valence-corrected chi connectivity index (χ0v) is 61.5. The maximum Gasteiger partial charge on any atom is 0.472 e. The number of carbonyl (C=O) groups excluding carboxylic acids is 4. The minimum absolute atomic E-state index is 0.106. The molecule has 0 aliphatic rings. The third kappa shape index (κ3) is 66.7. The van der Waals surface area contributed by atoms with Gasteiger partial charge in [-0.15, -0.1) is 0 Å². The monoisotopic (exact) mass is 1350 g/mol. The molecule has 0 bridgehead atoms. The van der Waals surface area contributed by atoms with Gasteiger partial charge in [0.05, 0.1) is 26.4 Å². The lowest BCUT2D eigenvalue weighted by Crippen LogP contribution is -2.30. The van der Waals surface area contributed by atoms with Crippen LogP contribution >= 0.6 is 15.6 Å². The fraction of sp³-hybridized carbons (Fsp3) is 0.945. The molecule has 0 aromatic heterocycles. The second-order valence-electron chi connectivity index (χ2n) is 26.8. The highest BCUT2D eigenvalue weighted by Gasteiger charge is 2.30. The third-order valence-electron chi connectivity index (χ3n) is 17.0. The van der Waals surface area contributed by atoms with Crippen LogP contribution in [0.2, 0.25) is 0 Å². The van der Waals surface area contributed by atoms with E-state index in [1.807, 2.05) is 0 Å². The van der Waals surface area contributed by atoms with E-state index in [1.54, 1.807) is 0 Å². The van der Waals surface area contributed by atoms with E-state index < -0.39 is 97.5 Å². The Hall–Kier alpha value is -1.94. The molecule has 2 unspecified atom stereocenters. The molecule has 19 heteroatoms. The summed E-state index contributed by atoms with van der Waals surface area (Å²) in [5.41, 5.74) is 0. The van der Waals surface area contributed by atoms with E-state index in [4.69, 9.17) is 37.0 Å². The molecule has 0 spiro atoms. The van der Waals surface area contributed by atoms with Gasteiger partial charge in [0.2, 0.25) is 0 Å². The maximum atomic E-state index is 13.0. The van der Waals surface area contributed by atoms with Crippen molar-refractivity contribution in [2.45, 2.75) is 400 Å². The van der Waals surface area contributed by atoms with Gasteiger partial charge >= 0.3 is 39.5 Å². The number of hydrogen-bond donors (Lipinski definition) is 3. The fourth-order valence-corrected chi connectivity index (χ4v) is 12.8. The largest absolute Gasteiger partial charge is 0.472 e. The Bertz CT molecular complexity index is 1770. The van der Waals surface area contributed by atoms with E-state index in [2.05, 4.69) is 34.6 Å². The van der Waals surface area contributed by atoms with Crippen LogP contribution in [0, 0.1) is 5.92 Å². The van der Waals surface area contributed by atoms with Crippen molar-refractivity contribution in [1.29, 1.82) is 0 Å². The predicted molar refractivity (Wildman–Crippen MR) is 372 cm³/mol. The summed E-state index contributed by atoms with van der Waals surface area (Å²) in [6, 6.07) is 0. The molecule has 5 atom stereocenters. The second-order valence-corrected chi connectivity index (χ2v) is 29.7. The number of hydrogen-bond acceptors (Lipinski definition) is 15. The van der Waals surface area contributed by atoms with Crippen LogP contribution in [-0.4, -0.2) is 96.7 Å². The van der Waals surface area contributed by atoms with Gasteiger partial charge in [0.1, 0.15) is 19.3 Å². The smallest absolute Gasteiger partial charge is 0.462 e. The molecule has 92 heavy (non-hydrogen) atoms. The Labute approximate surface area is 562 Å². The number of esters is 4. The number of ether oxygens (including phenoxy) is 4. The van der Waals surface area contributed by atoms with Gasteiger partial charge in [-0.1, -0.05) is 330 Å². The molecular weight excluding hydrogens is 1210 g/mol. The molecule has 0 saturated carbocycles. The summed E-state index contributed by atoms with van der Waals surface area (Å²) < 4.78 is 68.3. The molecular formula is C73H142O17P2. The first-order valence-corrected chi connectivity index (χ1v) is 41.1. The Kier molecular flexibility index (Phi) is 64.9. The maximum absolute atomic E-state index is 13.0. The topological polar surface area (TPSA) is 237 Å². The highest BCUT2D eigenvalue weighted by molar-refractivity contribution is 7.47. The molecule has 0 fully saturated rings. The zero-order chi connectivity index (χ0) is 67.7. The molecule has 0 aliphatic carbocycles. The first kappa shape index (κ1) is 90.1. The van der Waals surface area contributed by atoms with Gasteiger partial charge in [-0.05, 0) is 31.6 Å². The van der Waals surface area contributed by atoms with Crippen molar-refractivity contribution >= 4 is 39.5 Å². The summed E-state index contributed by atoms with van der Waals surface area (Å²) in [7, 11) is -9.90. The minimum atomic E-state index is -4.95. The molecule has 0 aromatic rings. The highest BCUT2D eigenvalue weighted by Crippen LogP contribution is 2.45. The van der Waals surface area contributed by atoms with E-state index >= 15 is 0 Å². The van der Waals surface area contributed by atoms with Gasteiger partial charge in [-0.3, -0.25) is 37.3 Å². The number of aliphatic hydroxyl groups excluding tert-OH is 1. The molecule has 0 amide bonds. The van der Waals surface area contributed by atoms with Gasteiger partial charge in [0, 0.05) is 25.7 Å². The lowest BCUT2D eigenvalue weighted by atomic mass is 10.0. The Morgan fingerprint density at radius 3 is 0.739 bits per heavy atom. The molecule has 0 aromatic carbocycles. The van der Waals surface area contributed by atoms with E-state index in [0.717, 1.165) is 96.3 Å². The molecule has 0 rings (SSSR count). The highest BCUT2D eigenvalue weighted by atomic mass is 31.2. The van der Waals surface area contributed by atoms with Crippen molar-refractivity contribution in [1.82, 2.24) is 0 Å². The standard InChI is InChI=1S/C73H142O17P2/c1-6-9-12-15-18-21-24-25-26-27-28-29-30-31-32-33-36-39-42-49-54-59-73(78)89-68(62-83-70(75)56-51-46-40-37-34-22-19-16-13-10-7-2)64-87-91(79,80)85-60-67(74)61-86-92(81,82)88-65-69(63-84-71(76)57-52-47-44-43-45-50-55-66(4)5)90-72(77)58-53-48-41-38-35-23-20-17-14-11-8-3/h66-69,74H,6-65H2,1-5H3,(H,79,80)(H,81,82)/t67-,68-,69-/m1/s1. The Morgan fingerprint density at radius 1 is 0.293 bits per heavy atom. The molecule has 0 saturated heterocycles. The number of phosphoric acid groups is 2. The SMILES string of the molecule is CCCCCCCCCCCCCCCCCCCCCCCC(=O)O[C@H](COC(=O)CCCCCCCCCCCCC)COP(=O)(O)OC[C@@H](O)COP(=O)(O)OC[C@@H](COC(=O)CCCCCCCCC(C)C)OC(=O)CCCCCCCCCCCCC. The number of aliphatic hydroxyl groups is 1. The van der Waals surface area contributed by atoms with Crippen LogP contribution in [0.3, 0.4) is 0 Å². The summed E-state index contributed by atoms with van der Waals surface area (Å²) in [5.74, 6) is -1.44. The summed E-state index contributed by atoms with van der Waals surface area (Å²) >= 11 is 0. The quantitative estimate of drug-likeness (QED) is 0.0222. The van der Waals surface area contributed by atoms with Gasteiger partial charge in [-0.2, -0.15) is 0 Å². The van der Waals surface area contributed by atoms with Crippen molar-refractivity contribution in [3.05, 3.63) is 0 Å². The van der Waals surface area contributed by atoms with E-state index in [0.29, 0.717) is 31.6 Å². The summed E-state index contributed by atoms with van der Waals surface area (Å²) in [6.45, 7) is 7.17. The molecule has 0 radical (unpaired) electrons. The fourth-order valence-electron chi connectivity index (χ4n) is 11.2. The van der Waals surface area contributed by atoms with Crippen LogP contribution < -0.4 is 0 Å². The van der Waals surface area contributed by atoms with Crippen LogP contribution in [0.25, 0.3) is 0 Å². The third-order valence-corrected chi connectivity index (χ3v) is 18.9. The first-order valence-electron chi connectivity index (χ1n) is 38.1. The van der Waals surface area contributed by atoms with Crippen LogP contribution in [0.5, 0.6) is 0 Å². The summed E-state index contributed by atoms with van der Waals surface area (Å²) in [5, 5.41) is 10.6. The molecule has 0 heterocycles. The van der Waals surface area contributed by atoms with Gasteiger partial charge in [0.15, 0.2) is 12.2 Å². The first-order chi connectivity index (χ1) is 44.5. The Morgan fingerprint density at radius 2 is 0.500 bits per heavy atom. The molecule has 546 valence electrons. The average molecular weight is 1350 g/mol. The predicted octanol–water partition coefficient (Wildman–Crippen LogP) is 21.3.